The molecule has 0 radical (unpaired) electrons. The zero-order chi connectivity index (χ0) is 18.6. The number of carbonyl (C=O) groups is 1. The summed E-state index contributed by atoms with van der Waals surface area (Å²) in [6.45, 7) is 2.87. The van der Waals surface area contributed by atoms with E-state index in [9.17, 15) is 15.0 Å². The number of aliphatic hydroxyl groups is 2. The maximum absolute atomic E-state index is 13.7. The number of carbonyl (C=O) groups excluding carboxylic acids is 1. The molecule has 4 bridgehead atoms. The fourth-order valence-electron chi connectivity index (χ4n) is 6.65. The van der Waals surface area contributed by atoms with E-state index in [0.29, 0.717) is 25.4 Å². The normalized spacial score (nSPS) is 37.9. The zero-order valence-corrected chi connectivity index (χ0v) is 15.9. The minimum absolute atomic E-state index is 0.0567. The third-order valence-electron chi connectivity index (χ3n) is 7.27. The number of aromatic nitrogens is 2. The summed E-state index contributed by atoms with van der Waals surface area (Å²) in [7, 11) is 1.92. The smallest absolute Gasteiger partial charge is 0.229 e. The Bertz CT molecular complexity index is 704. The van der Waals surface area contributed by atoms with Crippen molar-refractivity contribution in [3.05, 3.63) is 18.2 Å². The van der Waals surface area contributed by atoms with Gasteiger partial charge < -0.3 is 19.7 Å². The predicted molar refractivity (Wildman–Crippen MR) is 97.0 cm³/mol. The van der Waals surface area contributed by atoms with E-state index in [1.54, 1.807) is 11.1 Å². The van der Waals surface area contributed by atoms with Crippen molar-refractivity contribution < 1.29 is 15.0 Å². The predicted octanol–water partition coefficient (Wildman–Crippen LogP) is 1.85. The molecule has 0 aromatic carbocycles. The van der Waals surface area contributed by atoms with Gasteiger partial charge in [0, 0.05) is 26.0 Å². The maximum atomic E-state index is 13.7. The molecule has 4 aliphatic rings. The molecule has 4 aliphatic carbocycles. The lowest BCUT2D eigenvalue weighted by Crippen LogP contribution is -2.64. The van der Waals surface area contributed by atoms with Gasteiger partial charge in [0.25, 0.3) is 0 Å². The molecular formula is C20H31N3O3. The largest absolute Gasteiger partial charge is 0.395 e. The molecule has 0 spiro atoms. The highest BCUT2D eigenvalue weighted by Gasteiger charge is 2.65. The topological polar surface area (TPSA) is 78.6 Å². The summed E-state index contributed by atoms with van der Waals surface area (Å²) in [5.74, 6) is 1.37. The number of rotatable bonds is 6. The molecule has 4 fully saturated rings. The second-order valence-electron chi connectivity index (χ2n) is 9.27. The lowest BCUT2D eigenvalue weighted by Gasteiger charge is -2.64. The molecule has 2 N–H and O–H groups in total. The minimum Gasteiger partial charge on any atom is -0.395 e. The third kappa shape index (κ3) is 2.78. The van der Waals surface area contributed by atoms with Crippen molar-refractivity contribution in [2.24, 2.45) is 23.8 Å². The Morgan fingerprint density at radius 3 is 2.77 bits per heavy atom. The summed E-state index contributed by atoms with van der Waals surface area (Å²) < 4.78 is 1.92. The molecule has 0 aliphatic heterocycles. The Hall–Kier alpha value is -1.40. The van der Waals surface area contributed by atoms with Gasteiger partial charge in [-0.05, 0) is 49.9 Å². The van der Waals surface area contributed by atoms with Crippen molar-refractivity contribution in [2.75, 3.05) is 13.2 Å². The van der Waals surface area contributed by atoms with Gasteiger partial charge in [-0.15, -0.1) is 0 Å². The average molecular weight is 361 g/mol. The van der Waals surface area contributed by atoms with Crippen LogP contribution in [0.2, 0.25) is 0 Å². The summed E-state index contributed by atoms with van der Waals surface area (Å²) in [6.07, 6.45) is 9.84. The van der Waals surface area contributed by atoms with Crippen molar-refractivity contribution >= 4 is 5.91 Å². The summed E-state index contributed by atoms with van der Waals surface area (Å²) in [5, 5.41) is 20.7. The van der Waals surface area contributed by atoms with Crippen LogP contribution in [0.4, 0.5) is 0 Å². The van der Waals surface area contributed by atoms with Crippen LogP contribution in [-0.2, 0) is 18.4 Å². The first-order chi connectivity index (χ1) is 12.3. The number of aliphatic hydroxyl groups excluding tert-OH is 1. The van der Waals surface area contributed by atoms with Gasteiger partial charge >= 0.3 is 0 Å². The molecule has 144 valence electrons. The lowest BCUT2D eigenvalue weighted by atomic mass is 9.42. The van der Waals surface area contributed by atoms with Crippen LogP contribution in [0, 0.1) is 16.7 Å². The summed E-state index contributed by atoms with van der Waals surface area (Å²) in [6, 6.07) is 0. The van der Waals surface area contributed by atoms with Crippen LogP contribution in [0.5, 0.6) is 0 Å². The van der Waals surface area contributed by atoms with Crippen molar-refractivity contribution in [3.63, 3.8) is 0 Å². The van der Waals surface area contributed by atoms with E-state index in [-0.39, 0.29) is 17.9 Å². The standard InChI is InChI=1S/C20H31N3O3/c1-3-18-8-15-9-19(12-18,14-20(26,10-15)13-18)17(25)23(6-7-24)11-16-21-4-5-22(16)2/h4-5,15,24,26H,3,6-14H2,1-2H3/t15-,18-,19+,20+/m0/s1. The molecule has 1 amide bonds. The minimum atomic E-state index is -0.681. The number of hydrogen-bond donors (Lipinski definition) is 2. The monoisotopic (exact) mass is 361 g/mol. The average Bonchev–Trinajstić information content (AvgIpc) is 2.96. The molecule has 1 heterocycles. The Balaban J connectivity index is 1.64. The van der Waals surface area contributed by atoms with Gasteiger partial charge in [-0.3, -0.25) is 4.79 Å². The van der Waals surface area contributed by atoms with Crippen molar-refractivity contribution in [1.29, 1.82) is 0 Å². The summed E-state index contributed by atoms with van der Waals surface area (Å²) >= 11 is 0. The number of imidazole rings is 1. The second kappa shape index (κ2) is 6.06. The van der Waals surface area contributed by atoms with Crippen molar-refractivity contribution in [1.82, 2.24) is 14.5 Å². The van der Waals surface area contributed by atoms with Gasteiger partial charge in [0.2, 0.25) is 5.91 Å². The van der Waals surface area contributed by atoms with Gasteiger partial charge in [0.1, 0.15) is 5.82 Å². The molecule has 6 heteroatoms. The van der Waals surface area contributed by atoms with Crippen LogP contribution in [0.15, 0.2) is 12.4 Å². The SMILES string of the molecule is CC[C@@]12C[C@@H]3C[C@@](O)(C1)C[C@@](C(=O)N(CCO)Cc1nccn1C)(C3)C2. The van der Waals surface area contributed by atoms with E-state index < -0.39 is 11.0 Å². The van der Waals surface area contributed by atoms with E-state index >= 15 is 0 Å². The maximum Gasteiger partial charge on any atom is 0.229 e. The van der Waals surface area contributed by atoms with Crippen LogP contribution in [-0.4, -0.2) is 49.3 Å². The quantitative estimate of drug-likeness (QED) is 0.811. The molecule has 26 heavy (non-hydrogen) atoms. The molecule has 4 saturated carbocycles. The lowest BCUT2D eigenvalue weighted by molar-refractivity contribution is -0.210. The highest BCUT2D eigenvalue weighted by atomic mass is 16.3. The van der Waals surface area contributed by atoms with Crippen LogP contribution < -0.4 is 0 Å². The second-order valence-corrected chi connectivity index (χ2v) is 9.27. The van der Waals surface area contributed by atoms with E-state index in [1.165, 1.54) is 0 Å². The Morgan fingerprint density at radius 2 is 2.15 bits per heavy atom. The Morgan fingerprint density at radius 1 is 1.35 bits per heavy atom. The highest BCUT2D eigenvalue weighted by molar-refractivity contribution is 5.83. The fourth-order valence-corrected chi connectivity index (χ4v) is 6.65. The number of nitrogens with zero attached hydrogens (tertiary/aromatic N) is 3. The van der Waals surface area contributed by atoms with Crippen LogP contribution in [0.3, 0.4) is 0 Å². The molecule has 1 aromatic heterocycles. The number of aryl methyl sites for hydroxylation is 1. The molecule has 4 atom stereocenters. The molecular weight excluding hydrogens is 330 g/mol. The van der Waals surface area contributed by atoms with Crippen LogP contribution >= 0.6 is 0 Å². The molecule has 1 aromatic rings. The van der Waals surface area contributed by atoms with E-state index in [4.69, 9.17) is 0 Å². The zero-order valence-electron chi connectivity index (χ0n) is 15.9. The van der Waals surface area contributed by atoms with Gasteiger partial charge in [0.15, 0.2) is 0 Å². The van der Waals surface area contributed by atoms with Crippen molar-refractivity contribution in [3.8, 4) is 0 Å². The van der Waals surface area contributed by atoms with Gasteiger partial charge in [-0.25, -0.2) is 4.98 Å². The van der Waals surface area contributed by atoms with Gasteiger partial charge in [0.05, 0.1) is 24.2 Å². The first kappa shape index (κ1) is 18.0. The number of amides is 1. The molecule has 0 saturated heterocycles. The van der Waals surface area contributed by atoms with Gasteiger partial charge in [-0.1, -0.05) is 13.3 Å². The number of hydrogen-bond acceptors (Lipinski definition) is 4. The molecule has 6 nitrogen and oxygen atoms in total. The van der Waals surface area contributed by atoms with Gasteiger partial charge in [-0.2, -0.15) is 0 Å². The summed E-state index contributed by atoms with van der Waals surface area (Å²) in [5.41, 5.74) is -1.04. The Kier molecular flexibility index (Phi) is 4.19. The Labute approximate surface area is 155 Å². The third-order valence-corrected chi connectivity index (χ3v) is 7.27. The first-order valence-corrected chi connectivity index (χ1v) is 9.92. The van der Waals surface area contributed by atoms with Crippen LogP contribution in [0.1, 0.15) is 57.7 Å². The van der Waals surface area contributed by atoms with Crippen LogP contribution in [0.25, 0.3) is 0 Å². The molecule has 5 rings (SSSR count). The fraction of sp³-hybridized carbons (Fsp3) is 0.800. The molecule has 0 unspecified atom stereocenters. The highest BCUT2D eigenvalue weighted by Crippen LogP contribution is 2.68. The van der Waals surface area contributed by atoms with Crippen molar-refractivity contribution in [2.45, 2.75) is 64.0 Å². The van der Waals surface area contributed by atoms with E-state index in [2.05, 4.69) is 11.9 Å². The first-order valence-electron chi connectivity index (χ1n) is 9.92. The van der Waals surface area contributed by atoms with E-state index in [0.717, 1.165) is 44.3 Å². The summed E-state index contributed by atoms with van der Waals surface area (Å²) in [4.78, 5) is 19.8. The van der Waals surface area contributed by atoms with E-state index in [1.807, 2.05) is 17.8 Å².